The molecule has 25 heavy (non-hydrogen) atoms. The molecule has 0 radical (unpaired) electrons. The van der Waals surface area contributed by atoms with E-state index in [9.17, 15) is 4.79 Å². The lowest BCUT2D eigenvalue weighted by atomic mass is 9.95. The van der Waals surface area contributed by atoms with E-state index in [0.29, 0.717) is 17.1 Å². The van der Waals surface area contributed by atoms with Crippen LogP contribution in [0, 0.1) is 0 Å². The van der Waals surface area contributed by atoms with Gasteiger partial charge in [0.05, 0.1) is 24.6 Å². The summed E-state index contributed by atoms with van der Waals surface area (Å²) in [6.45, 7) is 0. The van der Waals surface area contributed by atoms with Crippen LogP contribution >= 0.6 is 11.3 Å². The van der Waals surface area contributed by atoms with Crippen LogP contribution in [0.25, 0.3) is 5.00 Å². The van der Waals surface area contributed by atoms with Gasteiger partial charge in [-0.3, -0.25) is 4.79 Å². The minimum atomic E-state index is -0.170. The smallest absolute Gasteiger partial charge is 0.259 e. The number of pyridine rings is 1. The maximum atomic E-state index is 13.0. The molecule has 8 nitrogen and oxygen atoms in total. The molecule has 0 fully saturated rings. The number of aromatic nitrogens is 5. The van der Waals surface area contributed by atoms with Crippen LogP contribution in [0.2, 0.25) is 0 Å². The second-order valence-corrected chi connectivity index (χ2v) is 6.77. The van der Waals surface area contributed by atoms with E-state index in [0.717, 1.165) is 36.2 Å². The zero-order valence-electron chi connectivity index (χ0n) is 13.6. The Morgan fingerprint density at radius 1 is 1.32 bits per heavy atom. The number of hydrogen-bond donors (Lipinski definition) is 1. The van der Waals surface area contributed by atoms with Crippen molar-refractivity contribution in [2.75, 3.05) is 12.4 Å². The summed E-state index contributed by atoms with van der Waals surface area (Å²) in [4.78, 5) is 18.3. The number of ether oxygens (including phenoxy) is 1. The van der Waals surface area contributed by atoms with Crippen LogP contribution in [0.1, 0.15) is 33.6 Å². The quantitative estimate of drug-likeness (QED) is 0.770. The molecule has 1 amide bonds. The molecule has 1 aliphatic carbocycles. The lowest BCUT2D eigenvalue weighted by Crippen LogP contribution is -2.17. The van der Waals surface area contributed by atoms with Gasteiger partial charge in [0, 0.05) is 10.9 Å². The minimum absolute atomic E-state index is 0.170. The number of carbonyl (C=O) groups is 1. The van der Waals surface area contributed by atoms with E-state index in [1.807, 2.05) is 0 Å². The van der Waals surface area contributed by atoms with Crippen molar-refractivity contribution >= 4 is 22.9 Å². The molecule has 0 bridgehead atoms. The van der Waals surface area contributed by atoms with Crippen molar-refractivity contribution in [1.82, 2.24) is 25.2 Å². The maximum absolute atomic E-state index is 13.0. The van der Waals surface area contributed by atoms with Gasteiger partial charge in [-0.25, -0.2) is 4.98 Å². The number of thiophene rings is 1. The van der Waals surface area contributed by atoms with Crippen LogP contribution in [0.4, 0.5) is 5.69 Å². The Morgan fingerprint density at radius 2 is 2.20 bits per heavy atom. The molecule has 3 heterocycles. The Labute approximate surface area is 147 Å². The highest BCUT2D eigenvalue weighted by Gasteiger charge is 2.27. The average molecular weight is 356 g/mol. The number of nitrogens with one attached hydrogen (secondary N) is 1. The lowest BCUT2D eigenvalue weighted by molar-refractivity contribution is 0.102. The van der Waals surface area contributed by atoms with Gasteiger partial charge in [0.2, 0.25) is 5.88 Å². The van der Waals surface area contributed by atoms with Gasteiger partial charge in [0.1, 0.15) is 11.3 Å². The Kier molecular flexibility index (Phi) is 4.14. The highest BCUT2D eigenvalue weighted by Crippen LogP contribution is 2.36. The molecular formula is C16H16N6O2S. The monoisotopic (exact) mass is 356 g/mol. The zero-order chi connectivity index (χ0) is 17.2. The molecule has 3 aromatic heterocycles. The third-order valence-corrected chi connectivity index (χ3v) is 5.42. The summed E-state index contributed by atoms with van der Waals surface area (Å²) in [6, 6.07) is 3.47. The van der Waals surface area contributed by atoms with Crippen LogP contribution in [0.3, 0.4) is 0 Å². The minimum Gasteiger partial charge on any atom is -0.481 e. The van der Waals surface area contributed by atoms with E-state index in [4.69, 9.17) is 4.74 Å². The normalized spacial score (nSPS) is 13.3. The van der Waals surface area contributed by atoms with Gasteiger partial charge in [-0.15, -0.1) is 16.4 Å². The second-order valence-electron chi connectivity index (χ2n) is 5.69. The predicted octanol–water partition coefficient (Wildman–Crippen LogP) is 2.26. The average Bonchev–Trinajstić information content (AvgIpc) is 3.29. The first-order valence-corrected chi connectivity index (χ1v) is 8.77. The number of methoxy groups -OCH3 is 1. The first kappa shape index (κ1) is 15.7. The number of nitrogens with zero attached hydrogens (tertiary/aromatic N) is 5. The molecule has 0 aromatic carbocycles. The van der Waals surface area contributed by atoms with Gasteiger partial charge in [0.15, 0.2) is 0 Å². The zero-order valence-corrected chi connectivity index (χ0v) is 14.4. The van der Waals surface area contributed by atoms with Gasteiger partial charge in [-0.2, -0.15) is 4.68 Å². The fraction of sp³-hybridized carbons (Fsp3) is 0.312. The van der Waals surface area contributed by atoms with E-state index in [1.54, 1.807) is 41.5 Å². The lowest BCUT2D eigenvalue weighted by Gasteiger charge is -2.13. The van der Waals surface area contributed by atoms with E-state index in [2.05, 4.69) is 25.8 Å². The molecule has 1 N–H and O–H groups in total. The number of rotatable bonds is 4. The summed E-state index contributed by atoms with van der Waals surface area (Å²) >= 11 is 1.59. The Hall–Kier alpha value is -2.81. The molecule has 0 unspecified atom stereocenters. The Balaban J connectivity index is 1.70. The van der Waals surface area contributed by atoms with Crippen LogP contribution in [-0.4, -0.2) is 38.2 Å². The first-order valence-electron chi connectivity index (χ1n) is 7.95. The van der Waals surface area contributed by atoms with Gasteiger partial charge in [-0.05, 0) is 47.7 Å². The SMILES string of the molecule is COc1ccc(NC(=O)c2c(-n3cnnn3)sc3c2CCCC3)cn1. The molecule has 9 heteroatoms. The van der Waals surface area contributed by atoms with E-state index in [-0.39, 0.29) is 5.91 Å². The third-order valence-electron chi connectivity index (χ3n) is 4.14. The van der Waals surface area contributed by atoms with Crippen molar-refractivity contribution in [2.45, 2.75) is 25.7 Å². The molecule has 3 aromatic rings. The number of tetrazole rings is 1. The molecule has 128 valence electrons. The Morgan fingerprint density at radius 3 is 2.92 bits per heavy atom. The first-order chi connectivity index (χ1) is 12.3. The van der Waals surface area contributed by atoms with Gasteiger partial charge in [0.25, 0.3) is 5.91 Å². The molecule has 0 saturated heterocycles. The summed E-state index contributed by atoms with van der Waals surface area (Å²) in [5.74, 6) is 0.331. The highest BCUT2D eigenvalue weighted by molar-refractivity contribution is 7.15. The third kappa shape index (κ3) is 2.98. The number of hydrogen-bond acceptors (Lipinski definition) is 7. The summed E-state index contributed by atoms with van der Waals surface area (Å²) < 4.78 is 6.60. The summed E-state index contributed by atoms with van der Waals surface area (Å²) in [7, 11) is 1.55. The van der Waals surface area contributed by atoms with Crippen molar-refractivity contribution in [3.8, 4) is 10.9 Å². The summed E-state index contributed by atoms with van der Waals surface area (Å²) in [5.41, 5.74) is 2.38. The maximum Gasteiger partial charge on any atom is 0.259 e. The van der Waals surface area contributed by atoms with Crippen molar-refractivity contribution in [1.29, 1.82) is 0 Å². The van der Waals surface area contributed by atoms with E-state index < -0.39 is 0 Å². The standard InChI is InChI=1S/C16H16N6O2S/c1-24-13-7-6-10(8-17-13)19-15(23)14-11-4-2-3-5-12(11)25-16(14)22-9-18-20-21-22/h6-9H,2-5H2,1H3,(H,19,23). The number of anilines is 1. The van der Waals surface area contributed by atoms with Crippen LogP contribution < -0.4 is 10.1 Å². The molecule has 4 rings (SSSR count). The van der Waals surface area contributed by atoms with Crippen LogP contribution in [-0.2, 0) is 12.8 Å². The number of fused-ring (bicyclic) bond motifs is 1. The molecule has 0 atom stereocenters. The second kappa shape index (κ2) is 6.60. The fourth-order valence-electron chi connectivity index (χ4n) is 2.97. The van der Waals surface area contributed by atoms with E-state index >= 15 is 0 Å². The van der Waals surface area contributed by atoms with Crippen molar-refractivity contribution in [3.63, 3.8) is 0 Å². The van der Waals surface area contributed by atoms with Crippen LogP contribution in [0.5, 0.6) is 5.88 Å². The van der Waals surface area contributed by atoms with Gasteiger partial charge >= 0.3 is 0 Å². The van der Waals surface area contributed by atoms with Crippen LogP contribution in [0.15, 0.2) is 24.7 Å². The number of carbonyl (C=O) groups excluding carboxylic acids is 1. The van der Waals surface area contributed by atoms with Gasteiger partial charge in [-0.1, -0.05) is 0 Å². The highest BCUT2D eigenvalue weighted by atomic mass is 32.1. The molecule has 0 aliphatic heterocycles. The Bertz CT molecular complexity index is 888. The largest absolute Gasteiger partial charge is 0.481 e. The molecule has 1 aliphatic rings. The topological polar surface area (TPSA) is 94.8 Å². The summed E-state index contributed by atoms with van der Waals surface area (Å²) in [6.07, 6.45) is 7.22. The summed E-state index contributed by atoms with van der Waals surface area (Å²) in [5, 5.41) is 15.0. The molecule has 0 saturated carbocycles. The van der Waals surface area contributed by atoms with Crippen molar-refractivity contribution < 1.29 is 9.53 Å². The van der Waals surface area contributed by atoms with Crippen molar-refractivity contribution in [3.05, 3.63) is 40.7 Å². The number of amides is 1. The van der Waals surface area contributed by atoms with Crippen molar-refractivity contribution in [2.24, 2.45) is 0 Å². The molecule has 0 spiro atoms. The number of aryl methyl sites for hydroxylation is 1. The van der Waals surface area contributed by atoms with Gasteiger partial charge < -0.3 is 10.1 Å². The van der Waals surface area contributed by atoms with E-state index in [1.165, 1.54) is 11.2 Å². The predicted molar refractivity (Wildman–Crippen MR) is 92.4 cm³/mol. The fourth-order valence-corrected chi connectivity index (χ4v) is 4.27. The molecular weight excluding hydrogens is 340 g/mol.